The zero-order chi connectivity index (χ0) is 25.4. The van der Waals surface area contributed by atoms with Gasteiger partial charge < -0.3 is 0 Å². The number of carbonyl (C=O) groups excluding carboxylic acids is 2. The van der Waals surface area contributed by atoms with Gasteiger partial charge in [-0.2, -0.15) is 10.1 Å². The first-order valence-electron chi connectivity index (χ1n) is 11.8. The summed E-state index contributed by atoms with van der Waals surface area (Å²) in [5.74, 6) is -1.34. The highest BCUT2D eigenvalue weighted by Crippen LogP contribution is 2.60. The van der Waals surface area contributed by atoms with Crippen LogP contribution in [0.2, 0.25) is 0 Å². The third-order valence-electron chi connectivity index (χ3n) is 7.39. The van der Waals surface area contributed by atoms with Crippen LogP contribution in [0.5, 0.6) is 0 Å². The standard InChI is InChI=1S/C29H25N3O4/c1-19-17-23(18-33)27(22-13-15-25(16-14-22)32(35)36)29(26(19)21-9-5-3-6-10-21)20(2)30-31(28(29)34)24-11-7-4-8-12-24/h3-19,26-27H,1-2H3/t19-,26-,27+,29+/m0/s1. The number of rotatable bonds is 5. The van der Waals surface area contributed by atoms with Crippen molar-refractivity contribution in [3.63, 3.8) is 0 Å². The monoisotopic (exact) mass is 479 g/mol. The summed E-state index contributed by atoms with van der Waals surface area (Å²) in [5.41, 5.74) is 2.09. The Labute approximate surface area is 208 Å². The molecular formula is C29H25N3O4. The van der Waals surface area contributed by atoms with Crippen LogP contribution in [-0.2, 0) is 9.59 Å². The van der Waals surface area contributed by atoms with Crippen LogP contribution in [0, 0.1) is 21.4 Å². The van der Waals surface area contributed by atoms with Gasteiger partial charge in [-0.05, 0) is 41.7 Å². The Morgan fingerprint density at radius 2 is 1.56 bits per heavy atom. The summed E-state index contributed by atoms with van der Waals surface area (Å²) in [6.45, 7) is 3.86. The van der Waals surface area contributed by atoms with Crippen LogP contribution in [0.4, 0.5) is 11.4 Å². The summed E-state index contributed by atoms with van der Waals surface area (Å²) in [6.07, 6.45) is 2.73. The number of para-hydroxylation sites is 1. The Hall–Kier alpha value is -4.39. The van der Waals surface area contributed by atoms with E-state index in [4.69, 9.17) is 5.10 Å². The molecule has 0 saturated heterocycles. The summed E-state index contributed by atoms with van der Waals surface area (Å²) in [7, 11) is 0. The fourth-order valence-electron chi connectivity index (χ4n) is 5.97. The third-order valence-corrected chi connectivity index (χ3v) is 7.39. The van der Waals surface area contributed by atoms with Gasteiger partial charge in [-0.3, -0.25) is 19.7 Å². The molecule has 2 aliphatic rings. The molecule has 0 unspecified atom stereocenters. The molecular weight excluding hydrogens is 454 g/mol. The lowest BCUT2D eigenvalue weighted by molar-refractivity contribution is -0.384. The van der Waals surface area contributed by atoms with E-state index in [1.807, 2.05) is 80.6 Å². The van der Waals surface area contributed by atoms with Crippen molar-refractivity contribution in [1.29, 1.82) is 0 Å². The minimum absolute atomic E-state index is 0.0535. The number of allylic oxidation sites excluding steroid dienone is 2. The van der Waals surface area contributed by atoms with Gasteiger partial charge in [0.2, 0.25) is 0 Å². The van der Waals surface area contributed by atoms with Crippen molar-refractivity contribution in [3.05, 3.63) is 118 Å². The van der Waals surface area contributed by atoms with Crippen LogP contribution in [0.25, 0.3) is 0 Å². The van der Waals surface area contributed by atoms with Crippen molar-refractivity contribution in [1.82, 2.24) is 0 Å². The molecule has 36 heavy (non-hydrogen) atoms. The number of hydrogen-bond donors (Lipinski definition) is 0. The molecule has 3 aromatic rings. The van der Waals surface area contributed by atoms with E-state index in [1.54, 1.807) is 12.1 Å². The maximum atomic E-state index is 14.6. The van der Waals surface area contributed by atoms with Crippen LogP contribution in [-0.4, -0.2) is 22.8 Å². The van der Waals surface area contributed by atoms with E-state index in [0.29, 0.717) is 22.5 Å². The minimum Gasteiger partial charge on any atom is -0.298 e. The molecule has 5 rings (SSSR count). The molecule has 0 bridgehead atoms. The number of amides is 1. The van der Waals surface area contributed by atoms with E-state index >= 15 is 0 Å². The highest BCUT2D eigenvalue weighted by molar-refractivity contribution is 6.21. The molecule has 1 aliphatic heterocycles. The van der Waals surface area contributed by atoms with Gasteiger partial charge in [0.25, 0.3) is 11.6 Å². The summed E-state index contributed by atoms with van der Waals surface area (Å²) < 4.78 is 0. The molecule has 4 atom stereocenters. The van der Waals surface area contributed by atoms with Gasteiger partial charge in [-0.25, -0.2) is 0 Å². The SMILES string of the molecule is CC1=NN(c2ccccc2)C(=O)[C@@]12[C@H](c1ccccc1)[C@@H](C)C=C(C=O)[C@H]2c1ccc([N+](=O)[O-])cc1. The lowest BCUT2D eigenvalue weighted by atomic mass is 9.52. The second kappa shape index (κ2) is 9.00. The molecule has 1 aliphatic carbocycles. The normalized spacial score (nSPS) is 25.4. The predicted molar refractivity (Wildman–Crippen MR) is 138 cm³/mol. The number of benzene rings is 3. The number of nitrogens with zero attached hydrogens (tertiary/aromatic N) is 3. The number of anilines is 1. The highest BCUT2D eigenvalue weighted by atomic mass is 16.6. The molecule has 1 amide bonds. The third kappa shape index (κ3) is 3.47. The van der Waals surface area contributed by atoms with Gasteiger partial charge in [0.15, 0.2) is 0 Å². The largest absolute Gasteiger partial charge is 0.298 e. The van der Waals surface area contributed by atoms with Gasteiger partial charge in [0.1, 0.15) is 11.7 Å². The smallest absolute Gasteiger partial charge is 0.269 e. The van der Waals surface area contributed by atoms with Crippen LogP contribution >= 0.6 is 0 Å². The fourth-order valence-corrected chi connectivity index (χ4v) is 5.97. The lowest BCUT2D eigenvalue weighted by Gasteiger charge is -2.48. The molecule has 1 spiro atoms. The maximum Gasteiger partial charge on any atom is 0.269 e. The fraction of sp³-hybridized carbons (Fsp3) is 0.207. The average molecular weight is 480 g/mol. The van der Waals surface area contributed by atoms with Crippen molar-refractivity contribution >= 4 is 29.3 Å². The topological polar surface area (TPSA) is 92.9 Å². The number of non-ortho nitro benzene ring substituents is 1. The molecule has 0 aromatic heterocycles. The molecule has 0 saturated carbocycles. The van der Waals surface area contributed by atoms with E-state index in [2.05, 4.69) is 0 Å². The summed E-state index contributed by atoms with van der Waals surface area (Å²) in [6, 6.07) is 25.2. The first-order valence-corrected chi connectivity index (χ1v) is 11.8. The summed E-state index contributed by atoms with van der Waals surface area (Å²) in [4.78, 5) is 37.9. The predicted octanol–water partition coefficient (Wildman–Crippen LogP) is 5.65. The van der Waals surface area contributed by atoms with Crippen molar-refractivity contribution in [2.45, 2.75) is 25.7 Å². The number of aldehydes is 1. The Morgan fingerprint density at radius 3 is 2.14 bits per heavy atom. The number of carbonyl (C=O) groups is 2. The van der Waals surface area contributed by atoms with E-state index in [0.717, 1.165) is 11.8 Å². The molecule has 1 heterocycles. The van der Waals surface area contributed by atoms with Crippen LogP contribution in [0.3, 0.4) is 0 Å². The number of nitro groups is 1. The van der Waals surface area contributed by atoms with E-state index < -0.39 is 16.3 Å². The summed E-state index contributed by atoms with van der Waals surface area (Å²) in [5, 5.41) is 17.5. The Kier molecular flexibility index (Phi) is 5.84. The maximum absolute atomic E-state index is 14.6. The van der Waals surface area contributed by atoms with Gasteiger partial charge >= 0.3 is 0 Å². The minimum atomic E-state index is -1.20. The van der Waals surface area contributed by atoms with Gasteiger partial charge in [0.05, 0.1) is 16.3 Å². The number of hydrazone groups is 1. The van der Waals surface area contributed by atoms with Gasteiger partial charge in [-0.1, -0.05) is 73.7 Å². The molecule has 0 fully saturated rings. The van der Waals surface area contributed by atoms with Crippen LogP contribution in [0.1, 0.15) is 36.8 Å². The van der Waals surface area contributed by atoms with Crippen molar-refractivity contribution in [2.75, 3.05) is 5.01 Å². The van der Waals surface area contributed by atoms with Crippen molar-refractivity contribution < 1.29 is 14.5 Å². The number of nitro benzene ring substituents is 1. The molecule has 7 heteroatoms. The van der Waals surface area contributed by atoms with E-state index in [-0.39, 0.29) is 23.4 Å². The zero-order valence-electron chi connectivity index (χ0n) is 19.9. The molecule has 3 aromatic carbocycles. The van der Waals surface area contributed by atoms with Gasteiger partial charge in [-0.15, -0.1) is 0 Å². The Bertz CT molecular complexity index is 1380. The van der Waals surface area contributed by atoms with Crippen molar-refractivity contribution in [3.8, 4) is 0 Å². The van der Waals surface area contributed by atoms with E-state index in [1.165, 1.54) is 17.1 Å². The highest BCUT2D eigenvalue weighted by Gasteiger charge is 2.63. The number of hydrogen-bond acceptors (Lipinski definition) is 5. The molecule has 0 N–H and O–H groups in total. The Morgan fingerprint density at radius 1 is 0.944 bits per heavy atom. The lowest BCUT2D eigenvalue weighted by Crippen LogP contribution is -2.52. The van der Waals surface area contributed by atoms with Gasteiger partial charge in [0, 0.05) is 24.0 Å². The first kappa shape index (κ1) is 23.4. The zero-order valence-corrected chi connectivity index (χ0v) is 19.9. The molecule has 7 nitrogen and oxygen atoms in total. The average Bonchev–Trinajstić information content (AvgIpc) is 3.15. The second-order valence-corrected chi connectivity index (χ2v) is 9.32. The van der Waals surface area contributed by atoms with Crippen molar-refractivity contribution in [2.24, 2.45) is 16.4 Å². The van der Waals surface area contributed by atoms with Crippen LogP contribution in [0.15, 0.2) is 102 Å². The molecule has 180 valence electrons. The first-order chi connectivity index (χ1) is 17.4. The molecule has 0 radical (unpaired) electrons. The summed E-state index contributed by atoms with van der Waals surface area (Å²) >= 11 is 0. The van der Waals surface area contributed by atoms with E-state index in [9.17, 15) is 19.7 Å². The quantitative estimate of drug-likeness (QED) is 0.269. The van der Waals surface area contributed by atoms with Crippen LogP contribution < -0.4 is 5.01 Å². The second-order valence-electron chi connectivity index (χ2n) is 9.32. The Balaban J connectivity index is 1.78.